The lowest BCUT2D eigenvalue weighted by Crippen LogP contribution is -2.36. The number of hydrogen-bond donors (Lipinski definition) is 1. The number of nitrogens with zero attached hydrogens (tertiary/aromatic N) is 3. The summed E-state index contributed by atoms with van der Waals surface area (Å²) >= 11 is 0. The van der Waals surface area contributed by atoms with Crippen molar-refractivity contribution >= 4 is 6.03 Å². The van der Waals surface area contributed by atoms with Crippen LogP contribution in [0.15, 0.2) is 28.8 Å². The molecule has 1 aliphatic rings. The lowest BCUT2D eigenvalue weighted by molar-refractivity contribution is 0.210. The third-order valence-electron chi connectivity index (χ3n) is 3.93. The molecule has 0 saturated carbocycles. The summed E-state index contributed by atoms with van der Waals surface area (Å²) in [5, 5.41) is 6.56. The highest BCUT2D eigenvalue weighted by Gasteiger charge is 2.30. The third kappa shape index (κ3) is 3.81. The normalized spacial score (nSPS) is 17.1. The Bertz CT molecular complexity index is 689. The molecule has 2 amide bonds. The van der Waals surface area contributed by atoms with Gasteiger partial charge in [0.05, 0.1) is 12.5 Å². The predicted molar refractivity (Wildman–Crippen MR) is 83.3 cm³/mol. The fourth-order valence-corrected chi connectivity index (χ4v) is 2.63. The zero-order valence-corrected chi connectivity index (χ0v) is 13.4. The second kappa shape index (κ2) is 7.29. The third-order valence-corrected chi connectivity index (χ3v) is 3.93. The number of amides is 2. The second-order valence-corrected chi connectivity index (χ2v) is 5.59. The van der Waals surface area contributed by atoms with Crippen LogP contribution in [0.5, 0.6) is 5.75 Å². The van der Waals surface area contributed by atoms with E-state index in [1.54, 1.807) is 24.1 Å². The number of halogens is 1. The zero-order chi connectivity index (χ0) is 16.9. The molecule has 128 valence electrons. The van der Waals surface area contributed by atoms with Crippen molar-refractivity contribution in [1.29, 1.82) is 0 Å². The Hall–Kier alpha value is -2.64. The van der Waals surface area contributed by atoms with Crippen molar-refractivity contribution in [3.63, 3.8) is 0 Å². The molecule has 1 unspecified atom stereocenters. The van der Waals surface area contributed by atoms with Crippen molar-refractivity contribution in [3.05, 3.63) is 41.8 Å². The molecular weight excluding hydrogens is 315 g/mol. The summed E-state index contributed by atoms with van der Waals surface area (Å²) in [5.74, 6) is 1.48. The van der Waals surface area contributed by atoms with E-state index in [1.807, 2.05) is 0 Å². The van der Waals surface area contributed by atoms with E-state index in [9.17, 15) is 9.18 Å². The van der Waals surface area contributed by atoms with Gasteiger partial charge in [0.15, 0.2) is 5.82 Å². The van der Waals surface area contributed by atoms with Gasteiger partial charge in [-0.25, -0.2) is 9.18 Å². The molecule has 0 radical (unpaired) electrons. The largest absolute Gasteiger partial charge is 0.493 e. The van der Waals surface area contributed by atoms with Crippen molar-refractivity contribution in [3.8, 4) is 5.75 Å². The fraction of sp³-hybridized carbons (Fsp3) is 0.438. The van der Waals surface area contributed by atoms with Gasteiger partial charge in [0, 0.05) is 26.6 Å². The maximum absolute atomic E-state index is 12.8. The van der Waals surface area contributed by atoms with E-state index in [0.29, 0.717) is 43.6 Å². The Kier molecular flexibility index (Phi) is 4.93. The Morgan fingerprint density at radius 1 is 1.46 bits per heavy atom. The molecule has 2 aromatic rings. The minimum absolute atomic E-state index is 0.0709. The summed E-state index contributed by atoms with van der Waals surface area (Å²) in [6.45, 7) is 1.63. The van der Waals surface area contributed by atoms with Gasteiger partial charge in [-0.05, 0) is 30.7 Å². The maximum atomic E-state index is 12.8. The lowest BCUT2D eigenvalue weighted by atomic mass is 10.1. The molecule has 2 heterocycles. The maximum Gasteiger partial charge on any atom is 0.317 e. The number of benzene rings is 1. The first-order chi connectivity index (χ1) is 11.7. The van der Waals surface area contributed by atoms with Crippen molar-refractivity contribution in [2.75, 3.05) is 26.7 Å². The molecule has 3 rings (SSSR count). The van der Waals surface area contributed by atoms with Crippen molar-refractivity contribution in [2.45, 2.75) is 18.8 Å². The average molecular weight is 334 g/mol. The standard InChI is InChI=1S/C16H19FN4O3/c1-18-16(22)21-8-6-11(10-21)15-19-14(20-24-15)7-9-23-13-4-2-12(17)3-5-13/h2-5,11H,6-10H2,1H3,(H,18,22). The Labute approximate surface area is 138 Å². The Morgan fingerprint density at radius 3 is 3.00 bits per heavy atom. The van der Waals surface area contributed by atoms with Crippen molar-refractivity contribution in [2.24, 2.45) is 0 Å². The minimum Gasteiger partial charge on any atom is -0.493 e. The van der Waals surface area contributed by atoms with Gasteiger partial charge in [-0.15, -0.1) is 0 Å². The van der Waals surface area contributed by atoms with Gasteiger partial charge < -0.3 is 19.5 Å². The molecule has 1 N–H and O–H groups in total. The highest BCUT2D eigenvalue weighted by Crippen LogP contribution is 2.25. The molecule has 0 spiro atoms. The molecule has 1 aromatic heterocycles. The van der Waals surface area contributed by atoms with E-state index in [2.05, 4.69) is 15.5 Å². The summed E-state index contributed by atoms with van der Waals surface area (Å²) < 4.78 is 23.6. The van der Waals surface area contributed by atoms with Crippen LogP contribution < -0.4 is 10.1 Å². The highest BCUT2D eigenvalue weighted by atomic mass is 19.1. The number of nitrogens with one attached hydrogen (secondary N) is 1. The van der Waals surface area contributed by atoms with Crippen LogP contribution in [-0.2, 0) is 6.42 Å². The fourth-order valence-electron chi connectivity index (χ4n) is 2.63. The summed E-state index contributed by atoms with van der Waals surface area (Å²) in [7, 11) is 1.61. The van der Waals surface area contributed by atoms with E-state index in [1.165, 1.54) is 12.1 Å². The van der Waals surface area contributed by atoms with E-state index in [4.69, 9.17) is 9.26 Å². The zero-order valence-electron chi connectivity index (χ0n) is 13.4. The summed E-state index contributed by atoms with van der Waals surface area (Å²) in [4.78, 5) is 17.7. The monoisotopic (exact) mass is 334 g/mol. The molecule has 8 heteroatoms. The first-order valence-electron chi connectivity index (χ1n) is 7.83. The molecule has 0 bridgehead atoms. The molecule has 0 aliphatic carbocycles. The number of ether oxygens (including phenoxy) is 1. The van der Waals surface area contributed by atoms with E-state index < -0.39 is 0 Å². The quantitative estimate of drug-likeness (QED) is 0.904. The Balaban J connectivity index is 1.49. The van der Waals surface area contributed by atoms with Gasteiger partial charge in [-0.1, -0.05) is 5.16 Å². The van der Waals surface area contributed by atoms with Gasteiger partial charge in [0.2, 0.25) is 5.89 Å². The number of carbonyl (C=O) groups excluding carboxylic acids is 1. The van der Waals surface area contributed by atoms with Crippen molar-refractivity contribution < 1.29 is 18.4 Å². The predicted octanol–water partition coefficient (Wildman–Crippen LogP) is 1.96. The van der Waals surface area contributed by atoms with Crippen LogP contribution in [0, 0.1) is 5.82 Å². The van der Waals surface area contributed by atoms with Gasteiger partial charge in [0.25, 0.3) is 0 Å². The Morgan fingerprint density at radius 2 is 2.25 bits per heavy atom. The van der Waals surface area contributed by atoms with Crippen LogP contribution in [0.3, 0.4) is 0 Å². The molecule has 24 heavy (non-hydrogen) atoms. The molecule has 1 aromatic carbocycles. The van der Waals surface area contributed by atoms with E-state index >= 15 is 0 Å². The smallest absolute Gasteiger partial charge is 0.317 e. The van der Waals surface area contributed by atoms with E-state index in [0.717, 1.165) is 6.42 Å². The first kappa shape index (κ1) is 16.2. The van der Waals surface area contributed by atoms with Crippen LogP contribution in [0.25, 0.3) is 0 Å². The number of aromatic nitrogens is 2. The number of hydrogen-bond acceptors (Lipinski definition) is 5. The van der Waals surface area contributed by atoms with Crippen LogP contribution in [0.4, 0.5) is 9.18 Å². The summed E-state index contributed by atoms with van der Waals surface area (Å²) in [5.41, 5.74) is 0. The first-order valence-corrected chi connectivity index (χ1v) is 7.83. The number of urea groups is 1. The van der Waals surface area contributed by atoms with Crippen LogP contribution in [-0.4, -0.2) is 47.8 Å². The van der Waals surface area contributed by atoms with Crippen LogP contribution >= 0.6 is 0 Å². The number of carbonyl (C=O) groups is 1. The minimum atomic E-state index is -0.299. The second-order valence-electron chi connectivity index (χ2n) is 5.59. The van der Waals surface area contributed by atoms with Gasteiger partial charge in [0.1, 0.15) is 11.6 Å². The molecule has 1 aliphatic heterocycles. The molecule has 7 nitrogen and oxygen atoms in total. The molecule has 1 fully saturated rings. The lowest BCUT2D eigenvalue weighted by Gasteiger charge is -2.14. The van der Waals surface area contributed by atoms with Crippen LogP contribution in [0.1, 0.15) is 24.1 Å². The topological polar surface area (TPSA) is 80.5 Å². The van der Waals surface area contributed by atoms with Gasteiger partial charge in [-0.2, -0.15) is 4.98 Å². The van der Waals surface area contributed by atoms with Gasteiger partial charge >= 0.3 is 6.03 Å². The van der Waals surface area contributed by atoms with Crippen molar-refractivity contribution in [1.82, 2.24) is 20.4 Å². The van der Waals surface area contributed by atoms with Gasteiger partial charge in [-0.3, -0.25) is 0 Å². The molecule has 1 atom stereocenters. The number of rotatable bonds is 5. The highest BCUT2D eigenvalue weighted by molar-refractivity contribution is 5.74. The summed E-state index contributed by atoms with van der Waals surface area (Å²) in [6.07, 6.45) is 1.30. The molecule has 1 saturated heterocycles. The van der Waals surface area contributed by atoms with E-state index in [-0.39, 0.29) is 17.8 Å². The average Bonchev–Trinajstić information content (AvgIpc) is 3.25. The molecular formula is C16H19FN4O3. The summed E-state index contributed by atoms with van der Waals surface area (Å²) in [6, 6.07) is 5.75. The van der Waals surface area contributed by atoms with Crippen LogP contribution in [0.2, 0.25) is 0 Å². The SMILES string of the molecule is CNC(=O)N1CCC(c2nc(CCOc3ccc(F)cc3)no2)C1. The number of likely N-dealkylation sites (tertiary alicyclic amines) is 1.